The highest BCUT2D eigenvalue weighted by Gasteiger charge is 2.19. The molecule has 0 radical (unpaired) electrons. The van der Waals surface area contributed by atoms with Crippen molar-refractivity contribution in [2.45, 2.75) is 39.2 Å². The highest BCUT2D eigenvalue weighted by atomic mass is 16.5. The van der Waals surface area contributed by atoms with E-state index in [1.807, 2.05) is 26.0 Å². The molecule has 5 heteroatoms. The zero-order chi connectivity index (χ0) is 15.8. The summed E-state index contributed by atoms with van der Waals surface area (Å²) in [4.78, 5) is 22.9. The minimum Gasteiger partial charge on any atom is -0.480 e. The third kappa shape index (κ3) is 6.40. The van der Waals surface area contributed by atoms with Gasteiger partial charge in [-0.2, -0.15) is 0 Å². The zero-order valence-corrected chi connectivity index (χ0v) is 12.8. The number of nitrogens with one attached hydrogen (secondary N) is 1. The Morgan fingerprint density at radius 1 is 1.24 bits per heavy atom. The normalized spacial score (nSPS) is 12.0. The molecule has 0 spiro atoms. The van der Waals surface area contributed by atoms with Gasteiger partial charge in [0, 0.05) is 26.6 Å². The number of carbonyl (C=O) groups excluding carboxylic acids is 1. The fourth-order valence-electron chi connectivity index (χ4n) is 2.23. The van der Waals surface area contributed by atoms with Gasteiger partial charge >= 0.3 is 5.97 Å². The van der Waals surface area contributed by atoms with E-state index in [4.69, 9.17) is 9.84 Å². The minimum atomic E-state index is -1.04. The molecule has 1 unspecified atom stereocenters. The second-order valence-corrected chi connectivity index (χ2v) is 5.24. The highest BCUT2D eigenvalue weighted by Crippen LogP contribution is 2.10. The number of ether oxygens (including phenoxy) is 1. The Morgan fingerprint density at radius 2 is 1.86 bits per heavy atom. The summed E-state index contributed by atoms with van der Waals surface area (Å²) in [6.45, 7) is 4.33. The highest BCUT2D eigenvalue weighted by molar-refractivity contribution is 5.83. The van der Waals surface area contributed by atoms with E-state index in [0.29, 0.717) is 13.0 Å². The number of carboxylic acids is 1. The largest absolute Gasteiger partial charge is 0.480 e. The summed E-state index contributed by atoms with van der Waals surface area (Å²) < 4.78 is 4.85. The number of carboxylic acid groups (broad SMARTS) is 1. The van der Waals surface area contributed by atoms with Crippen molar-refractivity contribution in [3.8, 4) is 0 Å². The van der Waals surface area contributed by atoms with E-state index in [2.05, 4.69) is 11.4 Å². The van der Waals surface area contributed by atoms with Crippen LogP contribution in [0.5, 0.6) is 0 Å². The topological polar surface area (TPSA) is 75.6 Å². The van der Waals surface area contributed by atoms with Crippen LogP contribution in [0.1, 0.15) is 29.5 Å². The number of amides is 1. The van der Waals surface area contributed by atoms with Crippen LogP contribution >= 0.6 is 0 Å². The molecule has 1 rings (SSSR count). The number of hydrogen-bond acceptors (Lipinski definition) is 3. The van der Waals surface area contributed by atoms with Crippen LogP contribution in [0.2, 0.25) is 0 Å². The Labute approximate surface area is 125 Å². The number of rotatable bonds is 8. The smallest absolute Gasteiger partial charge is 0.326 e. The zero-order valence-electron chi connectivity index (χ0n) is 12.8. The molecule has 116 valence electrons. The Hall–Kier alpha value is -1.88. The van der Waals surface area contributed by atoms with Crippen molar-refractivity contribution in [3.63, 3.8) is 0 Å². The molecule has 2 N–H and O–H groups in total. The second kappa shape index (κ2) is 8.42. The van der Waals surface area contributed by atoms with Crippen molar-refractivity contribution in [1.82, 2.24) is 5.32 Å². The molecule has 1 atom stereocenters. The van der Waals surface area contributed by atoms with E-state index >= 15 is 0 Å². The van der Waals surface area contributed by atoms with Crippen LogP contribution in [-0.2, 0) is 20.7 Å². The van der Waals surface area contributed by atoms with Crippen LogP contribution in [0.25, 0.3) is 0 Å². The summed E-state index contributed by atoms with van der Waals surface area (Å²) in [7, 11) is 1.50. The maximum Gasteiger partial charge on any atom is 0.326 e. The molecule has 0 bridgehead atoms. The van der Waals surface area contributed by atoms with Crippen LogP contribution in [-0.4, -0.2) is 36.7 Å². The van der Waals surface area contributed by atoms with Crippen LogP contribution in [0.15, 0.2) is 18.2 Å². The van der Waals surface area contributed by atoms with E-state index in [9.17, 15) is 9.59 Å². The van der Waals surface area contributed by atoms with Gasteiger partial charge in [-0.05, 0) is 25.8 Å². The minimum absolute atomic E-state index is 0.252. The standard InChI is InChI=1S/C16H23NO4/c1-11-8-12(2)10-13(9-11)4-5-15(18)17-14(16(19)20)6-7-21-3/h8-10,14H,4-7H2,1-3H3,(H,17,18)(H,19,20). The van der Waals surface area contributed by atoms with E-state index in [0.717, 1.165) is 16.7 Å². The predicted octanol–water partition coefficient (Wildman–Crippen LogP) is 1.84. The summed E-state index contributed by atoms with van der Waals surface area (Å²) in [5, 5.41) is 11.6. The fraction of sp³-hybridized carbons (Fsp3) is 0.500. The molecule has 0 saturated carbocycles. The third-order valence-corrected chi connectivity index (χ3v) is 3.17. The lowest BCUT2D eigenvalue weighted by Crippen LogP contribution is -2.41. The van der Waals surface area contributed by atoms with Crippen LogP contribution in [0.3, 0.4) is 0 Å². The molecule has 21 heavy (non-hydrogen) atoms. The van der Waals surface area contributed by atoms with Crippen molar-refractivity contribution >= 4 is 11.9 Å². The van der Waals surface area contributed by atoms with Gasteiger partial charge in [-0.1, -0.05) is 29.3 Å². The summed E-state index contributed by atoms with van der Waals surface area (Å²) in [5.74, 6) is -1.29. The first-order valence-corrected chi connectivity index (χ1v) is 7.00. The molecule has 1 aromatic rings. The van der Waals surface area contributed by atoms with E-state index < -0.39 is 12.0 Å². The van der Waals surface area contributed by atoms with Gasteiger partial charge in [-0.3, -0.25) is 4.79 Å². The number of hydrogen-bond donors (Lipinski definition) is 2. The molecule has 1 aromatic carbocycles. The predicted molar refractivity (Wildman–Crippen MR) is 80.3 cm³/mol. The molecular weight excluding hydrogens is 270 g/mol. The van der Waals surface area contributed by atoms with E-state index in [1.165, 1.54) is 7.11 Å². The van der Waals surface area contributed by atoms with Crippen LogP contribution in [0, 0.1) is 13.8 Å². The summed E-state index contributed by atoms with van der Waals surface area (Å²) in [6.07, 6.45) is 1.14. The molecule has 0 fully saturated rings. The van der Waals surface area contributed by atoms with Gasteiger partial charge in [-0.15, -0.1) is 0 Å². The van der Waals surface area contributed by atoms with Gasteiger partial charge in [0.15, 0.2) is 0 Å². The van der Waals surface area contributed by atoms with Gasteiger partial charge in [0.2, 0.25) is 5.91 Å². The maximum atomic E-state index is 11.8. The molecule has 5 nitrogen and oxygen atoms in total. The van der Waals surface area contributed by atoms with Crippen molar-refractivity contribution in [2.75, 3.05) is 13.7 Å². The molecule has 0 aliphatic carbocycles. The van der Waals surface area contributed by atoms with Gasteiger partial charge in [0.05, 0.1) is 0 Å². The summed E-state index contributed by atoms with van der Waals surface area (Å²) in [5.41, 5.74) is 3.41. The number of carbonyl (C=O) groups is 2. The first-order chi connectivity index (χ1) is 9.92. The molecule has 0 aliphatic rings. The molecule has 1 amide bonds. The monoisotopic (exact) mass is 293 g/mol. The number of aliphatic carboxylic acids is 1. The molecule has 0 saturated heterocycles. The Balaban J connectivity index is 2.50. The van der Waals surface area contributed by atoms with E-state index in [-0.39, 0.29) is 18.7 Å². The first-order valence-electron chi connectivity index (χ1n) is 7.00. The number of benzene rings is 1. The van der Waals surface area contributed by atoms with Crippen LogP contribution in [0.4, 0.5) is 0 Å². The summed E-state index contributed by atoms with van der Waals surface area (Å²) in [6, 6.07) is 5.27. The first kappa shape index (κ1) is 17.2. The Kier molecular flexibility index (Phi) is 6.88. The molecule has 0 aromatic heterocycles. The van der Waals surface area contributed by atoms with E-state index in [1.54, 1.807) is 0 Å². The lowest BCUT2D eigenvalue weighted by molar-refractivity contribution is -0.142. The van der Waals surface area contributed by atoms with Crippen molar-refractivity contribution in [3.05, 3.63) is 34.9 Å². The lowest BCUT2D eigenvalue weighted by atomic mass is 10.0. The SMILES string of the molecule is COCCC(NC(=O)CCc1cc(C)cc(C)c1)C(=O)O. The fourth-order valence-corrected chi connectivity index (χ4v) is 2.23. The van der Waals surface area contributed by atoms with Crippen molar-refractivity contribution in [2.24, 2.45) is 0 Å². The maximum absolute atomic E-state index is 11.8. The molecule has 0 heterocycles. The van der Waals surface area contributed by atoms with Gasteiger partial charge < -0.3 is 15.2 Å². The Morgan fingerprint density at radius 3 is 2.38 bits per heavy atom. The van der Waals surface area contributed by atoms with Crippen molar-refractivity contribution in [1.29, 1.82) is 0 Å². The average molecular weight is 293 g/mol. The van der Waals surface area contributed by atoms with Gasteiger partial charge in [-0.25, -0.2) is 4.79 Å². The van der Waals surface area contributed by atoms with Gasteiger partial charge in [0.1, 0.15) is 6.04 Å². The number of aryl methyl sites for hydroxylation is 3. The Bertz CT molecular complexity index is 479. The summed E-state index contributed by atoms with van der Waals surface area (Å²) >= 11 is 0. The second-order valence-electron chi connectivity index (χ2n) is 5.24. The third-order valence-electron chi connectivity index (χ3n) is 3.17. The van der Waals surface area contributed by atoms with Crippen LogP contribution < -0.4 is 5.32 Å². The molecule has 0 aliphatic heterocycles. The quantitative estimate of drug-likeness (QED) is 0.767. The van der Waals surface area contributed by atoms with Crippen molar-refractivity contribution < 1.29 is 19.4 Å². The lowest BCUT2D eigenvalue weighted by Gasteiger charge is -2.14. The molecular formula is C16H23NO4. The number of methoxy groups -OCH3 is 1. The average Bonchev–Trinajstić information content (AvgIpc) is 2.39. The van der Waals surface area contributed by atoms with Gasteiger partial charge in [0.25, 0.3) is 0 Å².